The van der Waals surface area contributed by atoms with E-state index in [0.29, 0.717) is 36.7 Å². The zero-order chi connectivity index (χ0) is 21.1. The maximum atomic E-state index is 13.3. The highest BCUT2D eigenvalue weighted by molar-refractivity contribution is 6.00. The van der Waals surface area contributed by atoms with E-state index in [2.05, 4.69) is 12.1 Å². The largest absolute Gasteiger partial charge is 0.447 e. The number of amides is 2. The number of aryl methyl sites for hydroxylation is 1. The van der Waals surface area contributed by atoms with Crippen molar-refractivity contribution in [2.24, 2.45) is 0 Å². The van der Waals surface area contributed by atoms with Crippen LogP contribution in [0.2, 0.25) is 0 Å². The molecule has 2 aliphatic heterocycles. The Morgan fingerprint density at radius 2 is 1.93 bits per heavy atom. The fourth-order valence-electron chi connectivity index (χ4n) is 4.50. The van der Waals surface area contributed by atoms with Crippen LogP contribution in [-0.4, -0.2) is 58.7 Å². The highest BCUT2D eigenvalue weighted by atomic mass is 16.6. The average Bonchev–Trinajstić information content (AvgIpc) is 3.34. The number of piperidine rings is 1. The maximum Gasteiger partial charge on any atom is 0.410 e. The van der Waals surface area contributed by atoms with Crippen LogP contribution in [0.3, 0.4) is 0 Å². The van der Waals surface area contributed by atoms with Gasteiger partial charge in [-0.3, -0.25) is 9.69 Å². The Labute approximate surface area is 177 Å². The van der Waals surface area contributed by atoms with Crippen molar-refractivity contribution in [2.75, 3.05) is 19.7 Å². The van der Waals surface area contributed by atoms with Crippen LogP contribution < -0.4 is 0 Å². The molecule has 2 amide bonds. The molecule has 3 heterocycles. The molecule has 0 N–H and O–H groups in total. The number of unbranched alkanes of at least 4 members (excludes halogenated alkanes) is 1. The number of rotatable bonds is 6. The summed E-state index contributed by atoms with van der Waals surface area (Å²) in [5.74, 6) is 0.473. The topological polar surface area (TPSA) is 75.9 Å². The lowest BCUT2D eigenvalue weighted by atomic mass is 9.98. The second-order valence-corrected chi connectivity index (χ2v) is 8.13. The third-order valence-corrected chi connectivity index (χ3v) is 6.16. The minimum Gasteiger partial charge on any atom is -0.447 e. The van der Waals surface area contributed by atoms with Gasteiger partial charge in [-0.1, -0.05) is 55.3 Å². The van der Waals surface area contributed by atoms with E-state index in [0.717, 1.165) is 37.7 Å². The summed E-state index contributed by atoms with van der Waals surface area (Å²) < 4.78 is 10.7. The van der Waals surface area contributed by atoms with Crippen LogP contribution in [0, 0.1) is 6.92 Å². The molecule has 7 heteroatoms. The van der Waals surface area contributed by atoms with E-state index in [9.17, 15) is 9.59 Å². The summed E-state index contributed by atoms with van der Waals surface area (Å²) in [6.45, 7) is 5.62. The molecule has 1 unspecified atom stereocenters. The number of hydrogen-bond donors (Lipinski definition) is 0. The number of carbonyl (C=O) groups is 2. The lowest BCUT2D eigenvalue weighted by Crippen LogP contribution is -2.49. The van der Waals surface area contributed by atoms with Gasteiger partial charge in [-0.2, -0.15) is 0 Å². The Morgan fingerprint density at radius 3 is 2.63 bits per heavy atom. The van der Waals surface area contributed by atoms with E-state index in [1.165, 1.54) is 0 Å². The number of nitrogens with zero attached hydrogens (tertiary/aromatic N) is 3. The number of likely N-dealkylation sites (tertiary alicyclic amines) is 1. The van der Waals surface area contributed by atoms with Gasteiger partial charge in [0.1, 0.15) is 23.6 Å². The normalized spacial score (nSPS) is 19.9. The van der Waals surface area contributed by atoms with Crippen molar-refractivity contribution in [3.8, 4) is 11.3 Å². The molecule has 0 aliphatic carbocycles. The van der Waals surface area contributed by atoms with Crippen LogP contribution in [-0.2, 0) is 4.74 Å². The Kier molecular flexibility index (Phi) is 6.06. The van der Waals surface area contributed by atoms with Crippen molar-refractivity contribution in [3.05, 3.63) is 41.7 Å². The molecule has 0 saturated carbocycles. The van der Waals surface area contributed by atoms with Crippen LogP contribution in [0.15, 0.2) is 34.9 Å². The number of aromatic nitrogens is 1. The number of hydrogen-bond acceptors (Lipinski definition) is 5. The van der Waals surface area contributed by atoms with Crippen LogP contribution in [0.4, 0.5) is 4.79 Å². The summed E-state index contributed by atoms with van der Waals surface area (Å²) in [6.07, 6.45) is 4.48. The molecule has 7 nitrogen and oxygen atoms in total. The second kappa shape index (κ2) is 8.90. The quantitative estimate of drug-likeness (QED) is 0.710. The summed E-state index contributed by atoms with van der Waals surface area (Å²) in [5, 5.41) is 4.14. The zero-order valence-corrected chi connectivity index (χ0v) is 17.7. The molecule has 160 valence electrons. The Bertz CT molecular complexity index is 887. The molecule has 2 saturated heterocycles. The van der Waals surface area contributed by atoms with Crippen LogP contribution in [0.25, 0.3) is 11.3 Å². The highest BCUT2D eigenvalue weighted by Gasteiger charge is 2.40. The first-order chi connectivity index (χ1) is 14.6. The fraction of sp³-hybridized carbons (Fsp3) is 0.522. The fourth-order valence-corrected chi connectivity index (χ4v) is 4.50. The van der Waals surface area contributed by atoms with Crippen molar-refractivity contribution >= 4 is 12.0 Å². The SMILES string of the molecule is CCCCC1COC(=O)N1C1CCN(C(=O)c2c(-c3ccccc3)noc2C)CC1. The molecule has 0 radical (unpaired) electrons. The maximum absolute atomic E-state index is 13.3. The molecule has 30 heavy (non-hydrogen) atoms. The molecule has 4 rings (SSSR count). The van der Waals surface area contributed by atoms with E-state index >= 15 is 0 Å². The van der Waals surface area contributed by atoms with Crippen molar-refractivity contribution in [1.82, 2.24) is 15.0 Å². The van der Waals surface area contributed by atoms with Gasteiger partial charge >= 0.3 is 6.09 Å². The minimum atomic E-state index is -0.206. The van der Waals surface area contributed by atoms with Crippen molar-refractivity contribution < 1.29 is 18.8 Å². The average molecular weight is 412 g/mol. The first-order valence-electron chi connectivity index (χ1n) is 10.9. The zero-order valence-electron chi connectivity index (χ0n) is 17.7. The Hall–Kier alpha value is -2.83. The van der Waals surface area contributed by atoms with Gasteiger partial charge in [0.2, 0.25) is 0 Å². The van der Waals surface area contributed by atoms with Crippen molar-refractivity contribution in [1.29, 1.82) is 0 Å². The van der Waals surface area contributed by atoms with E-state index in [1.807, 2.05) is 40.1 Å². The molecule has 2 aromatic rings. The monoisotopic (exact) mass is 411 g/mol. The number of benzene rings is 1. The third kappa shape index (κ3) is 3.93. The molecule has 2 fully saturated rings. The lowest BCUT2D eigenvalue weighted by molar-refractivity contribution is 0.0632. The van der Waals surface area contributed by atoms with Gasteiger partial charge < -0.3 is 14.2 Å². The summed E-state index contributed by atoms with van der Waals surface area (Å²) in [7, 11) is 0. The molecular weight excluding hydrogens is 382 g/mol. The summed E-state index contributed by atoms with van der Waals surface area (Å²) in [4.78, 5) is 29.4. The Morgan fingerprint density at radius 1 is 1.20 bits per heavy atom. The third-order valence-electron chi connectivity index (χ3n) is 6.16. The van der Waals surface area contributed by atoms with Gasteiger partial charge in [0.25, 0.3) is 5.91 Å². The number of cyclic esters (lactones) is 1. The van der Waals surface area contributed by atoms with Gasteiger partial charge in [0.05, 0.1) is 6.04 Å². The summed E-state index contributed by atoms with van der Waals surface area (Å²) in [5.41, 5.74) is 1.98. The predicted octanol–water partition coefficient (Wildman–Crippen LogP) is 4.27. The number of ether oxygens (including phenoxy) is 1. The van der Waals surface area contributed by atoms with E-state index in [4.69, 9.17) is 9.26 Å². The van der Waals surface area contributed by atoms with Gasteiger partial charge in [-0.25, -0.2) is 4.79 Å². The van der Waals surface area contributed by atoms with Crippen molar-refractivity contribution in [2.45, 2.75) is 58.0 Å². The first-order valence-corrected chi connectivity index (χ1v) is 10.9. The van der Waals surface area contributed by atoms with E-state index in [1.54, 1.807) is 6.92 Å². The van der Waals surface area contributed by atoms with Gasteiger partial charge in [-0.05, 0) is 26.2 Å². The molecule has 0 bridgehead atoms. The van der Waals surface area contributed by atoms with E-state index < -0.39 is 0 Å². The molecule has 2 aliphatic rings. The van der Waals surface area contributed by atoms with E-state index in [-0.39, 0.29) is 24.1 Å². The molecular formula is C23H29N3O4. The van der Waals surface area contributed by atoms with Gasteiger partial charge in [0, 0.05) is 24.7 Å². The van der Waals surface area contributed by atoms with Crippen LogP contribution in [0.5, 0.6) is 0 Å². The smallest absolute Gasteiger partial charge is 0.410 e. The number of carbonyl (C=O) groups excluding carboxylic acids is 2. The lowest BCUT2D eigenvalue weighted by Gasteiger charge is -2.37. The van der Waals surface area contributed by atoms with Gasteiger partial charge in [-0.15, -0.1) is 0 Å². The van der Waals surface area contributed by atoms with Crippen LogP contribution in [0.1, 0.15) is 55.1 Å². The first kappa shape index (κ1) is 20.4. The Balaban J connectivity index is 1.44. The predicted molar refractivity (Wildman–Crippen MR) is 112 cm³/mol. The van der Waals surface area contributed by atoms with Crippen LogP contribution >= 0.6 is 0 Å². The summed E-state index contributed by atoms with van der Waals surface area (Å²) >= 11 is 0. The standard InChI is InChI=1S/C23H29N3O4/c1-3-4-10-19-15-29-23(28)26(19)18-11-13-25(14-12-18)22(27)20-16(2)30-24-21(20)17-8-6-5-7-9-17/h5-9,18-19H,3-4,10-15H2,1-2H3. The molecule has 1 atom stereocenters. The molecule has 1 aromatic heterocycles. The molecule has 0 spiro atoms. The minimum absolute atomic E-state index is 0.0578. The highest BCUT2D eigenvalue weighted by Crippen LogP contribution is 2.30. The second-order valence-electron chi connectivity index (χ2n) is 8.13. The van der Waals surface area contributed by atoms with Crippen molar-refractivity contribution in [3.63, 3.8) is 0 Å². The summed E-state index contributed by atoms with van der Waals surface area (Å²) in [6, 6.07) is 9.91. The molecule has 1 aromatic carbocycles. The van der Waals surface area contributed by atoms with Gasteiger partial charge in [0.15, 0.2) is 0 Å².